The van der Waals surface area contributed by atoms with Gasteiger partial charge in [0.2, 0.25) is 0 Å². The highest BCUT2D eigenvalue weighted by Gasteiger charge is 2.49. The summed E-state index contributed by atoms with van der Waals surface area (Å²) in [6, 6.07) is 6.98. The van der Waals surface area contributed by atoms with Crippen molar-refractivity contribution in [2.45, 2.75) is 46.0 Å². The fraction of sp³-hybridized carbons (Fsp3) is 0.647. The van der Waals surface area contributed by atoms with E-state index in [0.717, 1.165) is 18.4 Å². The lowest BCUT2D eigenvalue weighted by Crippen LogP contribution is -2.37. The molecule has 2 saturated carbocycles. The first-order valence-electron chi connectivity index (χ1n) is 7.38. The molecule has 0 heterocycles. The minimum atomic E-state index is 0.420. The molecule has 2 fully saturated rings. The summed E-state index contributed by atoms with van der Waals surface area (Å²) >= 11 is 0. The van der Waals surface area contributed by atoms with Gasteiger partial charge >= 0.3 is 0 Å². The molecule has 2 aliphatic carbocycles. The molecule has 0 aliphatic heterocycles. The Hall–Kier alpha value is -0.820. The van der Waals surface area contributed by atoms with Crippen LogP contribution in [-0.4, -0.2) is 6.54 Å². The molecule has 2 bridgehead atoms. The third-order valence-electron chi connectivity index (χ3n) is 5.35. The van der Waals surface area contributed by atoms with Gasteiger partial charge in [-0.05, 0) is 68.9 Å². The van der Waals surface area contributed by atoms with E-state index in [1.807, 2.05) is 0 Å². The second-order valence-corrected chi connectivity index (χ2v) is 6.82. The smallest absolute Gasteiger partial charge is 0.00146 e. The topological polar surface area (TPSA) is 26.0 Å². The largest absolute Gasteiger partial charge is 0.330 e. The molecule has 1 aromatic rings. The van der Waals surface area contributed by atoms with Crippen molar-refractivity contribution in [3.05, 3.63) is 34.9 Å². The first-order chi connectivity index (χ1) is 8.61. The fourth-order valence-corrected chi connectivity index (χ4v) is 4.67. The number of hydrogen-bond donors (Lipinski definition) is 1. The normalized spacial score (nSPS) is 34.2. The number of nitrogens with two attached hydrogens (primary N) is 1. The number of aryl methyl sites for hydroxylation is 2. The number of benzene rings is 1. The van der Waals surface area contributed by atoms with Crippen LogP contribution in [0.25, 0.3) is 0 Å². The second kappa shape index (κ2) is 4.38. The van der Waals surface area contributed by atoms with Crippen LogP contribution in [0.15, 0.2) is 18.2 Å². The van der Waals surface area contributed by atoms with Crippen molar-refractivity contribution in [1.29, 1.82) is 0 Å². The van der Waals surface area contributed by atoms with Crippen LogP contribution < -0.4 is 5.73 Å². The molecule has 0 amide bonds. The molecule has 1 aromatic carbocycles. The van der Waals surface area contributed by atoms with Gasteiger partial charge < -0.3 is 5.73 Å². The maximum Gasteiger partial charge on any atom is -0.00146 e. The third kappa shape index (κ3) is 1.99. The van der Waals surface area contributed by atoms with Crippen molar-refractivity contribution in [2.75, 3.05) is 6.54 Å². The predicted octanol–water partition coefficient (Wildman–Crippen LogP) is 3.61. The Labute approximate surface area is 111 Å². The van der Waals surface area contributed by atoms with Gasteiger partial charge in [-0.1, -0.05) is 35.7 Å². The Morgan fingerprint density at radius 2 is 1.89 bits per heavy atom. The van der Waals surface area contributed by atoms with Crippen LogP contribution in [0.1, 0.15) is 42.4 Å². The monoisotopic (exact) mass is 243 g/mol. The van der Waals surface area contributed by atoms with Crippen molar-refractivity contribution in [2.24, 2.45) is 23.0 Å². The van der Waals surface area contributed by atoms with E-state index in [9.17, 15) is 0 Å². The summed E-state index contributed by atoms with van der Waals surface area (Å²) < 4.78 is 0. The minimum Gasteiger partial charge on any atom is -0.330 e. The van der Waals surface area contributed by atoms with Gasteiger partial charge in [0.1, 0.15) is 0 Å². The van der Waals surface area contributed by atoms with Gasteiger partial charge in [0, 0.05) is 0 Å². The highest BCUT2D eigenvalue weighted by atomic mass is 14.7. The lowest BCUT2D eigenvalue weighted by atomic mass is 9.69. The van der Waals surface area contributed by atoms with Gasteiger partial charge in [-0.2, -0.15) is 0 Å². The summed E-state index contributed by atoms with van der Waals surface area (Å²) in [6.45, 7) is 5.28. The van der Waals surface area contributed by atoms with Gasteiger partial charge in [-0.25, -0.2) is 0 Å². The van der Waals surface area contributed by atoms with E-state index in [-0.39, 0.29) is 0 Å². The molecule has 18 heavy (non-hydrogen) atoms. The van der Waals surface area contributed by atoms with Gasteiger partial charge in [0.25, 0.3) is 0 Å². The zero-order chi connectivity index (χ0) is 12.8. The molecule has 0 aromatic heterocycles. The second-order valence-electron chi connectivity index (χ2n) is 6.82. The van der Waals surface area contributed by atoms with E-state index in [2.05, 4.69) is 32.0 Å². The quantitative estimate of drug-likeness (QED) is 0.862. The van der Waals surface area contributed by atoms with E-state index in [4.69, 9.17) is 5.73 Å². The first kappa shape index (κ1) is 12.2. The summed E-state index contributed by atoms with van der Waals surface area (Å²) in [5, 5.41) is 0. The van der Waals surface area contributed by atoms with Crippen molar-refractivity contribution in [1.82, 2.24) is 0 Å². The Bertz CT molecular complexity index is 431. The molecule has 1 nitrogen and oxygen atoms in total. The van der Waals surface area contributed by atoms with Crippen LogP contribution in [0.3, 0.4) is 0 Å². The van der Waals surface area contributed by atoms with E-state index < -0.39 is 0 Å². The molecular weight excluding hydrogens is 218 g/mol. The van der Waals surface area contributed by atoms with E-state index in [1.54, 1.807) is 0 Å². The van der Waals surface area contributed by atoms with Gasteiger partial charge in [-0.3, -0.25) is 0 Å². The van der Waals surface area contributed by atoms with Gasteiger partial charge in [0.05, 0.1) is 0 Å². The lowest BCUT2D eigenvalue weighted by Gasteiger charge is -2.37. The van der Waals surface area contributed by atoms with Crippen LogP contribution in [0.5, 0.6) is 0 Å². The average molecular weight is 243 g/mol. The molecule has 0 radical (unpaired) electrons. The molecule has 98 valence electrons. The molecule has 1 heteroatoms. The van der Waals surface area contributed by atoms with Crippen molar-refractivity contribution in [3.8, 4) is 0 Å². The number of fused-ring (bicyclic) bond motifs is 2. The summed E-state index contributed by atoms with van der Waals surface area (Å²) in [7, 11) is 0. The van der Waals surface area contributed by atoms with Crippen LogP contribution >= 0.6 is 0 Å². The SMILES string of the molecule is Cc1cc(C)cc(CC2(CN)CC3CCC2C3)c1. The van der Waals surface area contributed by atoms with Crippen LogP contribution in [0.2, 0.25) is 0 Å². The summed E-state index contributed by atoms with van der Waals surface area (Å²) in [4.78, 5) is 0. The highest BCUT2D eigenvalue weighted by Crippen LogP contribution is 2.56. The maximum absolute atomic E-state index is 6.18. The summed E-state index contributed by atoms with van der Waals surface area (Å²) in [5.41, 5.74) is 10.9. The zero-order valence-corrected chi connectivity index (χ0v) is 11.7. The molecule has 3 rings (SSSR count). The standard InChI is InChI=1S/C17H25N/c1-12-5-13(2)7-15(6-12)10-17(11-18)9-14-3-4-16(17)8-14/h5-7,14,16H,3-4,8-11,18H2,1-2H3. The Morgan fingerprint density at radius 3 is 2.39 bits per heavy atom. The Kier molecular flexibility index (Phi) is 2.97. The van der Waals surface area contributed by atoms with Crippen LogP contribution in [0.4, 0.5) is 0 Å². The molecule has 2 aliphatic rings. The molecular formula is C17H25N. The van der Waals surface area contributed by atoms with E-state index in [0.29, 0.717) is 5.41 Å². The van der Waals surface area contributed by atoms with Crippen molar-refractivity contribution >= 4 is 0 Å². The molecule has 3 unspecified atom stereocenters. The Balaban J connectivity index is 1.86. The average Bonchev–Trinajstić information content (AvgIpc) is 2.88. The lowest BCUT2D eigenvalue weighted by molar-refractivity contribution is 0.171. The number of hydrogen-bond acceptors (Lipinski definition) is 1. The van der Waals surface area contributed by atoms with E-state index >= 15 is 0 Å². The predicted molar refractivity (Wildman–Crippen MR) is 76.6 cm³/mol. The first-order valence-corrected chi connectivity index (χ1v) is 7.38. The van der Waals surface area contributed by atoms with Crippen molar-refractivity contribution < 1.29 is 0 Å². The molecule has 2 N–H and O–H groups in total. The van der Waals surface area contributed by atoms with Crippen LogP contribution in [0, 0.1) is 31.1 Å². The van der Waals surface area contributed by atoms with E-state index in [1.165, 1.54) is 48.8 Å². The Morgan fingerprint density at radius 1 is 1.17 bits per heavy atom. The summed E-state index contributed by atoms with van der Waals surface area (Å²) in [5.74, 6) is 1.87. The molecule has 0 spiro atoms. The van der Waals surface area contributed by atoms with Gasteiger partial charge in [-0.15, -0.1) is 0 Å². The highest BCUT2D eigenvalue weighted by molar-refractivity contribution is 5.30. The fourth-order valence-electron chi connectivity index (χ4n) is 4.67. The third-order valence-corrected chi connectivity index (χ3v) is 5.35. The van der Waals surface area contributed by atoms with Gasteiger partial charge in [0.15, 0.2) is 0 Å². The molecule has 3 atom stereocenters. The minimum absolute atomic E-state index is 0.420. The summed E-state index contributed by atoms with van der Waals surface area (Å²) in [6.07, 6.45) is 6.91. The van der Waals surface area contributed by atoms with Crippen molar-refractivity contribution in [3.63, 3.8) is 0 Å². The zero-order valence-electron chi connectivity index (χ0n) is 11.7. The number of rotatable bonds is 3. The molecule has 0 saturated heterocycles. The van der Waals surface area contributed by atoms with Crippen LogP contribution in [-0.2, 0) is 6.42 Å². The maximum atomic E-state index is 6.18.